The van der Waals surface area contributed by atoms with Crippen LogP contribution in [0.5, 0.6) is 11.5 Å². The first kappa shape index (κ1) is 17.1. The molecule has 1 atom stereocenters. The Hall–Kier alpha value is -1.74. The number of hydrogen-bond acceptors (Lipinski definition) is 3. The highest BCUT2D eigenvalue weighted by Crippen LogP contribution is 2.46. The van der Waals surface area contributed by atoms with E-state index in [0.29, 0.717) is 11.8 Å². The number of ether oxygens (including phenoxy) is 2. The normalized spacial score (nSPS) is 18.7. The van der Waals surface area contributed by atoms with Gasteiger partial charge in [0.2, 0.25) is 0 Å². The van der Waals surface area contributed by atoms with Crippen molar-refractivity contribution in [3.05, 3.63) is 42.2 Å². The number of alkyl halides is 1. The van der Waals surface area contributed by atoms with Gasteiger partial charge in [-0.1, -0.05) is 13.8 Å². The average molecular weight is 346 g/mol. The van der Waals surface area contributed by atoms with Gasteiger partial charge in [0.25, 0.3) is 0 Å². The van der Waals surface area contributed by atoms with Crippen LogP contribution in [0.1, 0.15) is 39.2 Å². The summed E-state index contributed by atoms with van der Waals surface area (Å²) in [7, 11) is 0. The maximum atomic E-state index is 6.23. The van der Waals surface area contributed by atoms with Crippen LogP contribution >= 0.6 is 11.6 Å². The maximum absolute atomic E-state index is 6.23. The molecule has 4 heteroatoms. The van der Waals surface area contributed by atoms with Gasteiger partial charge in [-0.15, -0.1) is 11.6 Å². The molecule has 3 rings (SSSR count). The van der Waals surface area contributed by atoms with Crippen molar-refractivity contribution in [3.63, 3.8) is 0 Å². The summed E-state index contributed by atoms with van der Waals surface area (Å²) in [5, 5.41) is 0. The Bertz CT molecular complexity index is 717. The summed E-state index contributed by atoms with van der Waals surface area (Å²) in [6.45, 7) is 7.18. The SMILES string of the molecule is CC(C)CCCOc1ccc2c(c1)OC(C)(CCl)c1cnccc1-2. The first-order valence-corrected chi connectivity index (χ1v) is 9.03. The van der Waals surface area contributed by atoms with Gasteiger partial charge in [-0.05, 0) is 49.4 Å². The molecule has 0 spiro atoms. The molecule has 128 valence electrons. The van der Waals surface area contributed by atoms with Crippen LogP contribution in [0.15, 0.2) is 36.7 Å². The monoisotopic (exact) mass is 345 g/mol. The third-order valence-corrected chi connectivity index (χ3v) is 4.93. The molecule has 24 heavy (non-hydrogen) atoms. The molecule has 0 saturated carbocycles. The van der Waals surface area contributed by atoms with Crippen molar-refractivity contribution in [2.75, 3.05) is 12.5 Å². The van der Waals surface area contributed by atoms with Gasteiger partial charge in [0.15, 0.2) is 0 Å². The number of nitrogens with zero attached hydrogens (tertiary/aromatic N) is 1. The largest absolute Gasteiger partial charge is 0.493 e. The fourth-order valence-corrected chi connectivity index (χ4v) is 3.23. The topological polar surface area (TPSA) is 31.4 Å². The molecule has 0 aliphatic carbocycles. The number of rotatable bonds is 6. The maximum Gasteiger partial charge on any atom is 0.147 e. The average Bonchev–Trinajstić information content (AvgIpc) is 2.58. The smallest absolute Gasteiger partial charge is 0.147 e. The fourth-order valence-electron chi connectivity index (χ4n) is 3.03. The van der Waals surface area contributed by atoms with E-state index in [-0.39, 0.29) is 0 Å². The van der Waals surface area contributed by atoms with Crippen LogP contribution < -0.4 is 9.47 Å². The van der Waals surface area contributed by atoms with Crippen LogP contribution in [0.4, 0.5) is 0 Å². The zero-order chi connectivity index (χ0) is 17.2. The van der Waals surface area contributed by atoms with Crippen LogP contribution in [-0.2, 0) is 5.60 Å². The van der Waals surface area contributed by atoms with Crippen LogP contribution in [0, 0.1) is 5.92 Å². The molecular weight excluding hydrogens is 322 g/mol. The van der Waals surface area contributed by atoms with Gasteiger partial charge in [0.05, 0.1) is 12.5 Å². The molecule has 0 fully saturated rings. The molecule has 1 unspecified atom stereocenters. The first-order chi connectivity index (χ1) is 11.5. The van der Waals surface area contributed by atoms with Gasteiger partial charge < -0.3 is 9.47 Å². The first-order valence-electron chi connectivity index (χ1n) is 8.50. The molecule has 1 aromatic heterocycles. The van der Waals surface area contributed by atoms with Gasteiger partial charge in [-0.25, -0.2) is 0 Å². The van der Waals surface area contributed by atoms with Crippen molar-refractivity contribution >= 4 is 11.6 Å². The van der Waals surface area contributed by atoms with E-state index in [9.17, 15) is 0 Å². The lowest BCUT2D eigenvalue weighted by Crippen LogP contribution is -2.34. The zero-order valence-electron chi connectivity index (χ0n) is 14.5. The lowest BCUT2D eigenvalue weighted by atomic mass is 9.87. The van der Waals surface area contributed by atoms with Crippen LogP contribution in [-0.4, -0.2) is 17.5 Å². The van der Waals surface area contributed by atoms with E-state index in [1.54, 1.807) is 6.20 Å². The highest BCUT2D eigenvalue weighted by molar-refractivity contribution is 6.18. The Kier molecular flexibility index (Phi) is 5.00. The van der Waals surface area contributed by atoms with Crippen molar-refractivity contribution < 1.29 is 9.47 Å². The van der Waals surface area contributed by atoms with E-state index in [1.807, 2.05) is 31.3 Å². The predicted molar refractivity (Wildman–Crippen MR) is 97.9 cm³/mol. The van der Waals surface area contributed by atoms with Gasteiger partial charge in [-0.2, -0.15) is 0 Å². The molecule has 1 aliphatic rings. The van der Waals surface area contributed by atoms with Crippen molar-refractivity contribution in [2.45, 2.75) is 39.2 Å². The molecule has 1 aromatic carbocycles. The number of aromatic nitrogens is 1. The molecule has 0 N–H and O–H groups in total. The summed E-state index contributed by atoms with van der Waals surface area (Å²) in [5.74, 6) is 2.73. The molecule has 2 heterocycles. The number of fused-ring (bicyclic) bond motifs is 3. The minimum Gasteiger partial charge on any atom is -0.493 e. The van der Waals surface area contributed by atoms with Gasteiger partial charge >= 0.3 is 0 Å². The van der Waals surface area contributed by atoms with E-state index in [0.717, 1.165) is 41.2 Å². The summed E-state index contributed by atoms with van der Waals surface area (Å²) >= 11 is 6.20. The van der Waals surface area contributed by atoms with E-state index in [1.165, 1.54) is 6.42 Å². The summed E-state index contributed by atoms with van der Waals surface area (Å²) < 4.78 is 12.1. The second-order valence-electron chi connectivity index (χ2n) is 6.93. The standard InChI is InChI=1S/C20H24ClNO2/c1-14(2)5-4-10-23-15-6-7-17-16-8-9-22-12-18(16)20(3,13-21)24-19(17)11-15/h6-9,11-12,14H,4-5,10,13H2,1-3H3. The van der Waals surface area contributed by atoms with Crippen molar-refractivity contribution in [2.24, 2.45) is 5.92 Å². The number of halogens is 1. The second kappa shape index (κ2) is 7.02. The Balaban J connectivity index is 1.85. The Morgan fingerprint density at radius 1 is 1.25 bits per heavy atom. The minimum absolute atomic E-state index is 0.366. The molecule has 0 amide bonds. The van der Waals surface area contributed by atoms with E-state index >= 15 is 0 Å². The lowest BCUT2D eigenvalue weighted by molar-refractivity contribution is 0.108. The third-order valence-electron chi connectivity index (χ3n) is 4.42. The van der Waals surface area contributed by atoms with Crippen LogP contribution in [0.3, 0.4) is 0 Å². The molecule has 0 bridgehead atoms. The summed E-state index contributed by atoms with van der Waals surface area (Å²) in [5.41, 5.74) is 2.64. The fraction of sp³-hybridized carbons (Fsp3) is 0.450. The second-order valence-corrected chi connectivity index (χ2v) is 7.20. The quantitative estimate of drug-likeness (QED) is 0.518. The lowest BCUT2D eigenvalue weighted by Gasteiger charge is -2.36. The molecule has 2 aromatic rings. The highest BCUT2D eigenvalue weighted by atomic mass is 35.5. The summed E-state index contributed by atoms with van der Waals surface area (Å²) in [4.78, 5) is 4.23. The van der Waals surface area contributed by atoms with Crippen molar-refractivity contribution in [1.82, 2.24) is 4.98 Å². The van der Waals surface area contributed by atoms with Crippen molar-refractivity contribution in [1.29, 1.82) is 0 Å². The van der Waals surface area contributed by atoms with E-state index in [2.05, 4.69) is 24.9 Å². The number of benzene rings is 1. The Morgan fingerprint density at radius 2 is 2.08 bits per heavy atom. The van der Waals surface area contributed by atoms with Gasteiger partial charge in [-0.3, -0.25) is 4.98 Å². The van der Waals surface area contributed by atoms with E-state index < -0.39 is 5.60 Å². The Morgan fingerprint density at radius 3 is 2.83 bits per heavy atom. The molecular formula is C20H24ClNO2. The van der Waals surface area contributed by atoms with E-state index in [4.69, 9.17) is 21.1 Å². The van der Waals surface area contributed by atoms with Crippen molar-refractivity contribution in [3.8, 4) is 22.6 Å². The van der Waals surface area contributed by atoms with Crippen LogP contribution in [0.2, 0.25) is 0 Å². The zero-order valence-corrected chi connectivity index (χ0v) is 15.3. The van der Waals surface area contributed by atoms with Gasteiger partial charge in [0, 0.05) is 29.6 Å². The molecule has 0 radical (unpaired) electrons. The third kappa shape index (κ3) is 3.36. The summed E-state index contributed by atoms with van der Waals surface area (Å²) in [6.07, 6.45) is 5.88. The highest BCUT2D eigenvalue weighted by Gasteiger charge is 2.36. The number of pyridine rings is 1. The number of hydrogen-bond donors (Lipinski definition) is 0. The molecule has 1 aliphatic heterocycles. The van der Waals surface area contributed by atoms with Crippen LogP contribution in [0.25, 0.3) is 11.1 Å². The molecule has 0 saturated heterocycles. The van der Waals surface area contributed by atoms with Gasteiger partial charge in [0.1, 0.15) is 17.1 Å². The predicted octanol–water partition coefficient (Wildman–Crippen LogP) is 5.41. The molecule has 3 nitrogen and oxygen atoms in total. The Labute approximate surface area is 149 Å². The summed E-state index contributed by atoms with van der Waals surface area (Å²) in [6, 6.07) is 8.05. The minimum atomic E-state index is -0.575.